The summed E-state index contributed by atoms with van der Waals surface area (Å²) >= 11 is 0. The van der Waals surface area contributed by atoms with Crippen LogP contribution in [0, 0.1) is 0 Å². The number of phenols is 1. The highest BCUT2D eigenvalue weighted by atomic mass is 16.3. The van der Waals surface area contributed by atoms with Gasteiger partial charge >= 0.3 is 0 Å². The van der Waals surface area contributed by atoms with E-state index in [1.165, 1.54) is 0 Å². The van der Waals surface area contributed by atoms with Gasteiger partial charge in [-0.15, -0.1) is 0 Å². The number of benzene rings is 2. The Morgan fingerprint density at radius 1 is 1.11 bits per heavy atom. The number of aromatic hydroxyl groups is 1. The molecule has 1 heterocycles. The molecule has 0 aliphatic heterocycles. The first-order valence-electron chi connectivity index (χ1n) is 5.58. The predicted octanol–water partition coefficient (Wildman–Crippen LogP) is 2.62. The summed E-state index contributed by atoms with van der Waals surface area (Å²) in [4.78, 5) is 4.25. The Balaban J connectivity index is 1.97. The quantitative estimate of drug-likeness (QED) is 0.696. The zero-order chi connectivity index (χ0) is 12.4. The smallest absolute Gasteiger partial charge is 0.118 e. The molecule has 0 atom stereocenters. The molecule has 2 aromatic carbocycles. The van der Waals surface area contributed by atoms with Crippen LogP contribution in [-0.4, -0.2) is 21.0 Å². The van der Waals surface area contributed by atoms with Gasteiger partial charge < -0.3 is 5.11 Å². The van der Waals surface area contributed by atoms with Crippen LogP contribution in [0.25, 0.3) is 11.0 Å². The summed E-state index contributed by atoms with van der Waals surface area (Å²) in [5.74, 6) is 0.231. The van der Waals surface area contributed by atoms with Gasteiger partial charge in [0.15, 0.2) is 0 Å². The molecule has 1 aromatic heterocycles. The van der Waals surface area contributed by atoms with Gasteiger partial charge in [-0.05, 0) is 29.8 Å². The SMILES string of the molecule is Oc1cccc(C=Nn2cnc3ccccc32)c1. The molecule has 0 aliphatic carbocycles. The van der Waals surface area contributed by atoms with Crippen molar-refractivity contribution in [1.29, 1.82) is 0 Å². The van der Waals surface area contributed by atoms with Crippen LogP contribution in [0.1, 0.15) is 5.56 Å². The molecule has 0 amide bonds. The number of fused-ring (bicyclic) bond motifs is 1. The topological polar surface area (TPSA) is 50.4 Å². The molecule has 3 aromatic rings. The van der Waals surface area contributed by atoms with Crippen molar-refractivity contribution < 1.29 is 5.11 Å². The maximum Gasteiger partial charge on any atom is 0.118 e. The third-order valence-electron chi connectivity index (χ3n) is 2.64. The first kappa shape index (κ1) is 10.5. The highest BCUT2D eigenvalue weighted by Gasteiger charge is 1.98. The zero-order valence-electron chi connectivity index (χ0n) is 9.56. The maximum atomic E-state index is 9.36. The summed E-state index contributed by atoms with van der Waals surface area (Å²) < 4.78 is 1.71. The monoisotopic (exact) mass is 237 g/mol. The summed E-state index contributed by atoms with van der Waals surface area (Å²) in [6.45, 7) is 0. The summed E-state index contributed by atoms with van der Waals surface area (Å²) in [6.07, 6.45) is 3.36. The molecule has 88 valence electrons. The van der Waals surface area contributed by atoms with E-state index in [0.29, 0.717) is 0 Å². The zero-order valence-corrected chi connectivity index (χ0v) is 9.56. The molecule has 0 radical (unpaired) electrons. The minimum Gasteiger partial charge on any atom is -0.508 e. The van der Waals surface area contributed by atoms with Crippen LogP contribution in [0.3, 0.4) is 0 Å². The molecule has 0 spiro atoms. The fourth-order valence-electron chi connectivity index (χ4n) is 1.77. The molecule has 0 aliphatic rings. The minimum absolute atomic E-state index is 0.231. The molecule has 4 nitrogen and oxygen atoms in total. The average Bonchev–Trinajstić information content (AvgIpc) is 2.80. The molecular weight excluding hydrogens is 226 g/mol. The Hall–Kier alpha value is -2.62. The Labute approximate surface area is 104 Å². The van der Waals surface area contributed by atoms with Crippen molar-refractivity contribution in [3.05, 3.63) is 60.4 Å². The van der Waals surface area contributed by atoms with Crippen LogP contribution in [0.15, 0.2) is 60.0 Å². The summed E-state index contributed by atoms with van der Waals surface area (Å²) in [5.41, 5.74) is 2.70. The van der Waals surface area contributed by atoms with Crippen molar-refractivity contribution in [2.75, 3.05) is 0 Å². The second-order valence-corrected chi connectivity index (χ2v) is 3.92. The van der Waals surface area contributed by atoms with Crippen molar-refractivity contribution >= 4 is 17.2 Å². The molecule has 0 unspecified atom stereocenters. The van der Waals surface area contributed by atoms with Gasteiger partial charge in [0.1, 0.15) is 12.1 Å². The summed E-state index contributed by atoms with van der Waals surface area (Å²) in [5, 5.41) is 13.7. The highest BCUT2D eigenvalue weighted by molar-refractivity contribution is 5.81. The van der Waals surface area contributed by atoms with Crippen molar-refractivity contribution in [2.24, 2.45) is 5.10 Å². The van der Waals surface area contributed by atoms with Gasteiger partial charge in [0, 0.05) is 0 Å². The molecule has 0 fully saturated rings. The molecule has 0 saturated heterocycles. The highest BCUT2D eigenvalue weighted by Crippen LogP contribution is 2.12. The van der Waals surface area contributed by atoms with E-state index in [9.17, 15) is 5.11 Å². The Bertz CT molecular complexity index is 716. The van der Waals surface area contributed by atoms with Crippen LogP contribution in [0.2, 0.25) is 0 Å². The number of hydrogen-bond donors (Lipinski definition) is 1. The van der Waals surface area contributed by atoms with Crippen molar-refractivity contribution in [2.45, 2.75) is 0 Å². The van der Waals surface area contributed by atoms with E-state index in [1.54, 1.807) is 35.4 Å². The van der Waals surface area contributed by atoms with E-state index in [2.05, 4.69) is 10.1 Å². The number of nitrogens with zero attached hydrogens (tertiary/aromatic N) is 3. The molecule has 3 rings (SSSR count). The Kier molecular flexibility index (Phi) is 2.53. The average molecular weight is 237 g/mol. The largest absolute Gasteiger partial charge is 0.508 e. The predicted molar refractivity (Wildman–Crippen MR) is 70.8 cm³/mol. The van der Waals surface area contributed by atoms with Gasteiger partial charge in [0.25, 0.3) is 0 Å². The van der Waals surface area contributed by atoms with E-state index in [1.807, 2.05) is 30.3 Å². The lowest BCUT2D eigenvalue weighted by atomic mass is 10.2. The first-order chi connectivity index (χ1) is 8.83. The Morgan fingerprint density at radius 3 is 2.89 bits per heavy atom. The molecule has 4 heteroatoms. The van der Waals surface area contributed by atoms with E-state index < -0.39 is 0 Å². The third-order valence-corrected chi connectivity index (χ3v) is 2.64. The fraction of sp³-hybridized carbons (Fsp3) is 0. The lowest BCUT2D eigenvalue weighted by Gasteiger charge is -1.96. The molecule has 0 bridgehead atoms. The lowest BCUT2D eigenvalue weighted by Crippen LogP contribution is -1.88. The van der Waals surface area contributed by atoms with Crippen molar-refractivity contribution in [1.82, 2.24) is 9.66 Å². The van der Waals surface area contributed by atoms with Crippen LogP contribution in [-0.2, 0) is 0 Å². The third kappa shape index (κ3) is 1.96. The summed E-state index contributed by atoms with van der Waals surface area (Å²) in [6, 6.07) is 14.7. The van der Waals surface area contributed by atoms with Gasteiger partial charge in [0.05, 0.1) is 17.2 Å². The molecule has 1 N–H and O–H groups in total. The fourth-order valence-corrected chi connectivity index (χ4v) is 1.77. The van der Waals surface area contributed by atoms with Crippen molar-refractivity contribution in [3.63, 3.8) is 0 Å². The number of rotatable bonds is 2. The molecule has 18 heavy (non-hydrogen) atoms. The molecule has 0 saturated carbocycles. The molecular formula is C14H11N3O. The number of hydrogen-bond acceptors (Lipinski definition) is 3. The van der Waals surface area contributed by atoms with Crippen LogP contribution >= 0.6 is 0 Å². The van der Waals surface area contributed by atoms with Crippen LogP contribution in [0.5, 0.6) is 5.75 Å². The number of aromatic nitrogens is 2. The number of para-hydroxylation sites is 2. The van der Waals surface area contributed by atoms with E-state index in [4.69, 9.17) is 0 Å². The second-order valence-electron chi connectivity index (χ2n) is 3.92. The van der Waals surface area contributed by atoms with Gasteiger partial charge in [-0.2, -0.15) is 5.10 Å². The van der Waals surface area contributed by atoms with E-state index >= 15 is 0 Å². The Morgan fingerprint density at radius 2 is 2.00 bits per heavy atom. The number of phenolic OH excluding ortho intramolecular Hbond substituents is 1. The standard InChI is InChI=1S/C14H11N3O/c18-12-5-3-4-11(8-12)9-16-17-10-15-13-6-1-2-7-14(13)17/h1-10,18H. The van der Waals surface area contributed by atoms with Gasteiger partial charge in [-0.3, -0.25) is 0 Å². The maximum absolute atomic E-state index is 9.36. The minimum atomic E-state index is 0.231. The number of imidazole rings is 1. The van der Waals surface area contributed by atoms with Crippen LogP contribution in [0.4, 0.5) is 0 Å². The lowest BCUT2D eigenvalue weighted by molar-refractivity contribution is 0.475. The van der Waals surface area contributed by atoms with Crippen LogP contribution < -0.4 is 0 Å². The normalized spacial score (nSPS) is 11.3. The van der Waals surface area contributed by atoms with Crippen molar-refractivity contribution in [3.8, 4) is 5.75 Å². The second kappa shape index (κ2) is 4.33. The van der Waals surface area contributed by atoms with E-state index in [-0.39, 0.29) is 5.75 Å². The van der Waals surface area contributed by atoms with Gasteiger partial charge in [0.2, 0.25) is 0 Å². The van der Waals surface area contributed by atoms with Gasteiger partial charge in [-0.1, -0.05) is 24.3 Å². The van der Waals surface area contributed by atoms with E-state index in [0.717, 1.165) is 16.6 Å². The van der Waals surface area contributed by atoms with Gasteiger partial charge in [-0.25, -0.2) is 9.66 Å². The summed E-state index contributed by atoms with van der Waals surface area (Å²) in [7, 11) is 0. The first-order valence-corrected chi connectivity index (χ1v) is 5.58.